The summed E-state index contributed by atoms with van der Waals surface area (Å²) in [7, 11) is 4.04. The average Bonchev–Trinajstić information content (AvgIpc) is 3.06. The van der Waals surface area contributed by atoms with Crippen LogP contribution in [0, 0.1) is 0 Å². The molecule has 118 valence electrons. The number of benzene rings is 2. The van der Waals surface area contributed by atoms with E-state index in [0.29, 0.717) is 5.89 Å². The van der Waals surface area contributed by atoms with Gasteiger partial charge < -0.3 is 9.32 Å². The quantitative estimate of drug-likeness (QED) is 0.553. The molecular weight excluding hydrogens is 298 g/mol. The highest BCUT2D eigenvalue weighted by atomic mass is 16.3. The maximum atomic E-state index is 5.90. The van der Waals surface area contributed by atoms with Crippen LogP contribution in [-0.2, 0) is 0 Å². The van der Waals surface area contributed by atoms with Gasteiger partial charge in [0.1, 0.15) is 5.52 Å². The molecule has 24 heavy (non-hydrogen) atoms. The zero-order valence-corrected chi connectivity index (χ0v) is 13.6. The van der Waals surface area contributed by atoms with Gasteiger partial charge >= 0.3 is 0 Å². The summed E-state index contributed by atoms with van der Waals surface area (Å²) < 4.78 is 5.90. The third-order valence-electron chi connectivity index (χ3n) is 4.01. The van der Waals surface area contributed by atoms with Crippen LogP contribution >= 0.6 is 0 Å². The molecule has 0 aliphatic rings. The van der Waals surface area contributed by atoms with Crippen molar-refractivity contribution in [3.05, 3.63) is 67.0 Å². The summed E-state index contributed by atoms with van der Waals surface area (Å²) in [5, 5.41) is 0. The number of oxazole rings is 1. The Hall–Kier alpha value is -3.14. The van der Waals surface area contributed by atoms with Crippen LogP contribution in [0.3, 0.4) is 0 Å². The second-order valence-corrected chi connectivity index (χ2v) is 5.88. The summed E-state index contributed by atoms with van der Waals surface area (Å²) >= 11 is 0. The van der Waals surface area contributed by atoms with Gasteiger partial charge in [0.25, 0.3) is 0 Å². The lowest BCUT2D eigenvalue weighted by atomic mass is 10.1. The Bertz CT molecular complexity index is 973. The molecule has 0 spiro atoms. The second-order valence-electron chi connectivity index (χ2n) is 5.88. The van der Waals surface area contributed by atoms with E-state index in [0.717, 1.165) is 33.5 Å². The zero-order valence-electron chi connectivity index (χ0n) is 13.6. The van der Waals surface area contributed by atoms with Crippen LogP contribution in [0.2, 0.25) is 0 Å². The fraction of sp³-hybridized carbons (Fsp3) is 0.100. The van der Waals surface area contributed by atoms with E-state index in [1.54, 1.807) is 6.20 Å². The molecule has 0 radical (unpaired) electrons. The first-order valence-electron chi connectivity index (χ1n) is 7.79. The molecule has 0 bridgehead atoms. The molecule has 0 aliphatic carbocycles. The fourth-order valence-corrected chi connectivity index (χ4v) is 2.67. The van der Waals surface area contributed by atoms with Crippen molar-refractivity contribution in [3.8, 4) is 22.6 Å². The molecule has 0 amide bonds. The maximum Gasteiger partial charge on any atom is 0.227 e. The summed E-state index contributed by atoms with van der Waals surface area (Å²) in [6.07, 6.45) is 3.62. The highest BCUT2D eigenvalue weighted by molar-refractivity contribution is 5.82. The van der Waals surface area contributed by atoms with Crippen molar-refractivity contribution in [2.24, 2.45) is 0 Å². The van der Waals surface area contributed by atoms with E-state index in [2.05, 4.69) is 27.0 Å². The Morgan fingerprint density at radius 1 is 0.875 bits per heavy atom. The lowest BCUT2D eigenvalue weighted by Gasteiger charge is -2.11. The third kappa shape index (κ3) is 2.63. The van der Waals surface area contributed by atoms with Crippen LogP contribution in [-0.4, -0.2) is 24.1 Å². The van der Waals surface area contributed by atoms with E-state index in [1.807, 2.05) is 62.8 Å². The number of hydrogen-bond acceptors (Lipinski definition) is 4. The molecule has 0 N–H and O–H groups in total. The van der Waals surface area contributed by atoms with Crippen molar-refractivity contribution in [3.63, 3.8) is 0 Å². The Labute approximate surface area is 140 Å². The van der Waals surface area contributed by atoms with E-state index < -0.39 is 0 Å². The Morgan fingerprint density at radius 2 is 1.67 bits per heavy atom. The van der Waals surface area contributed by atoms with Crippen LogP contribution in [0.1, 0.15) is 0 Å². The molecule has 4 nitrogen and oxygen atoms in total. The van der Waals surface area contributed by atoms with Crippen LogP contribution in [0.15, 0.2) is 71.4 Å². The normalized spacial score (nSPS) is 10.9. The largest absolute Gasteiger partial charge is 0.436 e. The topological polar surface area (TPSA) is 42.2 Å². The van der Waals surface area contributed by atoms with Gasteiger partial charge in [-0.25, -0.2) is 4.98 Å². The summed E-state index contributed by atoms with van der Waals surface area (Å²) in [6.45, 7) is 0. The fourth-order valence-electron chi connectivity index (χ4n) is 2.67. The molecule has 0 aliphatic heterocycles. The molecule has 4 rings (SSSR count). The summed E-state index contributed by atoms with van der Waals surface area (Å²) in [6, 6.07) is 18.2. The molecule has 0 fully saturated rings. The smallest absolute Gasteiger partial charge is 0.227 e. The Balaban J connectivity index is 1.73. The minimum atomic E-state index is 0.638. The zero-order chi connectivity index (χ0) is 16.5. The highest BCUT2D eigenvalue weighted by Crippen LogP contribution is 2.29. The molecule has 4 aromatic rings. The summed E-state index contributed by atoms with van der Waals surface area (Å²) in [5.41, 5.74) is 5.91. The SMILES string of the molecule is CN(C)c1ccc(-c2nc3cc(-c4cccnc4)ccc3o2)cc1. The monoisotopic (exact) mass is 315 g/mol. The van der Waals surface area contributed by atoms with E-state index in [-0.39, 0.29) is 0 Å². The van der Waals surface area contributed by atoms with Gasteiger partial charge in [-0.15, -0.1) is 0 Å². The number of nitrogens with zero attached hydrogens (tertiary/aromatic N) is 3. The first kappa shape index (κ1) is 14.5. The molecule has 2 aromatic carbocycles. The van der Waals surface area contributed by atoms with Crippen LogP contribution in [0.25, 0.3) is 33.7 Å². The first-order chi connectivity index (χ1) is 11.7. The average molecular weight is 315 g/mol. The van der Waals surface area contributed by atoms with Gasteiger partial charge in [0.2, 0.25) is 5.89 Å². The summed E-state index contributed by atoms with van der Waals surface area (Å²) in [4.78, 5) is 10.9. The van der Waals surface area contributed by atoms with E-state index in [4.69, 9.17) is 4.42 Å². The number of fused-ring (bicyclic) bond motifs is 1. The van der Waals surface area contributed by atoms with E-state index in [9.17, 15) is 0 Å². The number of aromatic nitrogens is 2. The molecule has 2 aromatic heterocycles. The number of pyridine rings is 1. The molecule has 0 saturated heterocycles. The standard InChI is InChI=1S/C20H17N3O/c1-23(2)17-8-5-14(6-9-17)20-22-18-12-15(7-10-19(18)24-20)16-4-3-11-21-13-16/h3-13H,1-2H3. The van der Waals surface area contributed by atoms with Gasteiger partial charge in [-0.2, -0.15) is 0 Å². The van der Waals surface area contributed by atoms with Crippen molar-refractivity contribution in [1.82, 2.24) is 9.97 Å². The molecular formula is C20H17N3O. The van der Waals surface area contributed by atoms with Crippen LogP contribution in [0.4, 0.5) is 5.69 Å². The number of hydrogen-bond donors (Lipinski definition) is 0. The van der Waals surface area contributed by atoms with Crippen molar-refractivity contribution in [2.75, 3.05) is 19.0 Å². The molecule has 0 atom stereocenters. The molecule has 4 heteroatoms. The van der Waals surface area contributed by atoms with Gasteiger partial charge in [-0.3, -0.25) is 4.98 Å². The van der Waals surface area contributed by atoms with Crippen molar-refractivity contribution < 1.29 is 4.42 Å². The van der Waals surface area contributed by atoms with Gasteiger partial charge in [0, 0.05) is 43.3 Å². The van der Waals surface area contributed by atoms with Gasteiger partial charge in [-0.05, 0) is 48.0 Å². The van der Waals surface area contributed by atoms with Gasteiger partial charge in [-0.1, -0.05) is 12.1 Å². The van der Waals surface area contributed by atoms with Crippen LogP contribution in [0.5, 0.6) is 0 Å². The number of anilines is 1. The first-order valence-corrected chi connectivity index (χ1v) is 7.79. The van der Waals surface area contributed by atoms with Crippen molar-refractivity contribution in [1.29, 1.82) is 0 Å². The Kier molecular flexibility index (Phi) is 3.50. The number of rotatable bonds is 3. The van der Waals surface area contributed by atoms with Gasteiger partial charge in [0.15, 0.2) is 5.58 Å². The van der Waals surface area contributed by atoms with E-state index >= 15 is 0 Å². The Morgan fingerprint density at radius 3 is 2.38 bits per heavy atom. The maximum absolute atomic E-state index is 5.90. The second kappa shape index (κ2) is 5.81. The lowest BCUT2D eigenvalue weighted by molar-refractivity contribution is 0.620. The van der Waals surface area contributed by atoms with Crippen molar-refractivity contribution >= 4 is 16.8 Å². The third-order valence-corrected chi connectivity index (χ3v) is 4.01. The molecule has 2 heterocycles. The minimum absolute atomic E-state index is 0.638. The highest BCUT2D eigenvalue weighted by Gasteiger charge is 2.10. The predicted octanol–water partition coefficient (Wildman–Crippen LogP) is 4.62. The van der Waals surface area contributed by atoms with Crippen LogP contribution < -0.4 is 4.90 Å². The predicted molar refractivity (Wildman–Crippen MR) is 97.0 cm³/mol. The lowest BCUT2D eigenvalue weighted by Crippen LogP contribution is -2.07. The molecule has 0 unspecified atom stereocenters. The summed E-state index contributed by atoms with van der Waals surface area (Å²) in [5.74, 6) is 0.638. The minimum Gasteiger partial charge on any atom is -0.436 e. The molecule has 0 saturated carbocycles. The van der Waals surface area contributed by atoms with E-state index in [1.165, 1.54) is 0 Å². The van der Waals surface area contributed by atoms with Crippen molar-refractivity contribution in [2.45, 2.75) is 0 Å². The van der Waals surface area contributed by atoms with Gasteiger partial charge in [0.05, 0.1) is 0 Å².